The molecule has 0 bridgehead atoms. The minimum absolute atomic E-state index is 0.375. The first kappa shape index (κ1) is 12.0. The van der Waals surface area contributed by atoms with Crippen molar-refractivity contribution in [2.45, 2.75) is 13.5 Å². The second-order valence-electron chi connectivity index (χ2n) is 3.42. The number of nitrogens with one attached hydrogen (secondary N) is 2. The Morgan fingerprint density at radius 3 is 2.69 bits per heavy atom. The van der Waals surface area contributed by atoms with Crippen LogP contribution in [0.3, 0.4) is 0 Å². The van der Waals surface area contributed by atoms with Crippen molar-refractivity contribution in [2.24, 2.45) is 0 Å². The van der Waals surface area contributed by atoms with Gasteiger partial charge < -0.3 is 15.7 Å². The van der Waals surface area contributed by atoms with Crippen LogP contribution < -0.4 is 10.6 Å². The zero-order valence-electron chi connectivity index (χ0n) is 8.99. The summed E-state index contributed by atoms with van der Waals surface area (Å²) in [5.74, 6) is -1.06. The van der Waals surface area contributed by atoms with Crippen molar-refractivity contribution in [3.8, 4) is 0 Å². The Hall–Kier alpha value is -2.04. The molecule has 0 aromatic heterocycles. The number of hydrogen-bond acceptors (Lipinski definition) is 2. The highest BCUT2D eigenvalue weighted by atomic mass is 16.4. The largest absolute Gasteiger partial charge is 0.480 e. The second kappa shape index (κ2) is 5.75. The Morgan fingerprint density at radius 2 is 2.06 bits per heavy atom. The Morgan fingerprint density at radius 1 is 1.31 bits per heavy atom. The minimum atomic E-state index is -1.06. The van der Waals surface area contributed by atoms with Crippen molar-refractivity contribution in [1.82, 2.24) is 10.6 Å². The van der Waals surface area contributed by atoms with Crippen LogP contribution in [-0.2, 0) is 11.3 Å². The first-order valence-corrected chi connectivity index (χ1v) is 4.87. The quantitative estimate of drug-likeness (QED) is 0.707. The van der Waals surface area contributed by atoms with Gasteiger partial charge in [0, 0.05) is 6.54 Å². The fraction of sp³-hybridized carbons (Fsp3) is 0.273. The molecule has 1 aromatic carbocycles. The average molecular weight is 222 g/mol. The van der Waals surface area contributed by atoms with Crippen molar-refractivity contribution in [2.75, 3.05) is 6.54 Å². The summed E-state index contributed by atoms with van der Waals surface area (Å²) in [6, 6.07) is 7.24. The van der Waals surface area contributed by atoms with E-state index in [0.29, 0.717) is 6.54 Å². The van der Waals surface area contributed by atoms with Crippen LogP contribution in [-0.4, -0.2) is 23.7 Å². The number of carbonyl (C=O) groups excluding carboxylic acids is 1. The summed E-state index contributed by atoms with van der Waals surface area (Å²) >= 11 is 0. The fourth-order valence-corrected chi connectivity index (χ4v) is 1.22. The first-order chi connectivity index (χ1) is 7.58. The van der Waals surface area contributed by atoms with Crippen molar-refractivity contribution in [1.29, 1.82) is 0 Å². The van der Waals surface area contributed by atoms with Gasteiger partial charge in [0.2, 0.25) is 0 Å². The Labute approximate surface area is 93.5 Å². The van der Waals surface area contributed by atoms with E-state index < -0.39 is 12.0 Å². The summed E-state index contributed by atoms with van der Waals surface area (Å²) in [6.45, 7) is 1.97. The van der Waals surface area contributed by atoms with Gasteiger partial charge >= 0.3 is 12.0 Å². The highest BCUT2D eigenvalue weighted by molar-refractivity contribution is 5.79. The van der Waals surface area contributed by atoms with E-state index in [1.165, 1.54) is 0 Å². The predicted molar refractivity (Wildman–Crippen MR) is 59.1 cm³/mol. The van der Waals surface area contributed by atoms with Crippen LogP contribution in [0.2, 0.25) is 0 Å². The summed E-state index contributed by atoms with van der Waals surface area (Å²) in [6.07, 6.45) is 0. The van der Waals surface area contributed by atoms with E-state index in [9.17, 15) is 9.59 Å². The third-order valence-electron chi connectivity index (χ3n) is 1.94. The van der Waals surface area contributed by atoms with Gasteiger partial charge in [0.15, 0.2) is 0 Å². The molecule has 1 aromatic rings. The minimum Gasteiger partial charge on any atom is -0.480 e. The SMILES string of the molecule is Cc1cccc(CNC(=O)NCC(=O)O)c1. The maximum absolute atomic E-state index is 11.1. The number of benzene rings is 1. The van der Waals surface area contributed by atoms with E-state index in [-0.39, 0.29) is 6.54 Å². The topological polar surface area (TPSA) is 78.4 Å². The van der Waals surface area contributed by atoms with E-state index in [1.54, 1.807) is 0 Å². The fourth-order valence-electron chi connectivity index (χ4n) is 1.22. The lowest BCUT2D eigenvalue weighted by atomic mass is 10.1. The number of aryl methyl sites for hydroxylation is 1. The van der Waals surface area contributed by atoms with Gasteiger partial charge in [-0.05, 0) is 12.5 Å². The number of rotatable bonds is 4. The summed E-state index contributed by atoms with van der Waals surface area (Å²) in [4.78, 5) is 21.3. The molecule has 3 N–H and O–H groups in total. The molecule has 0 atom stereocenters. The lowest BCUT2D eigenvalue weighted by molar-refractivity contribution is -0.135. The van der Waals surface area contributed by atoms with Gasteiger partial charge in [0.05, 0.1) is 0 Å². The van der Waals surface area contributed by atoms with Crippen molar-refractivity contribution < 1.29 is 14.7 Å². The molecule has 0 aliphatic heterocycles. The molecule has 0 heterocycles. The zero-order chi connectivity index (χ0) is 12.0. The number of carbonyl (C=O) groups is 2. The summed E-state index contributed by atoms with van der Waals surface area (Å²) in [7, 11) is 0. The third kappa shape index (κ3) is 4.45. The van der Waals surface area contributed by atoms with Crippen LogP contribution in [0.15, 0.2) is 24.3 Å². The number of aliphatic carboxylic acids is 1. The van der Waals surface area contributed by atoms with Gasteiger partial charge in [-0.25, -0.2) is 4.79 Å². The molecular formula is C11H14N2O3. The lowest BCUT2D eigenvalue weighted by Crippen LogP contribution is -2.37. The molecule has 0 aliphatic rings. The number of urea groups is 1. The molecular weight excluding hydrogens is 208 g/mol. The highest BCUT2D eigenvalue weighted by Crippen LogP contribution is 2.02. The van der Waals surface area contributed by atoms with Crippen LogP contribution in [0.5, 0.6) is 0 Å². The van der Waals surface area contributed by atoms with Gasteiger partial charge in [-0.2, -0.15) is 0 Å². The molecule has 0 saturated carbocycles. The molecule has 0 aliphatic carbocycles. The zero-order valence-corrected chi connectivity index (χ0v) is 8.99. The van der Waals surface area contributed by atoms with E-state index >= 15 is 0 Å². The second-order valence-corrected chi connectivity index (χ2v) is 3.42. The molecule has 16 heavy (non-hydrogen) atoms. The van der Waals surface area contributed by atoms with Crippen molar-refractivity contribution in [3.05, 3.63) is 35.4 Å². The van der Waals surface area contributed by atoms with Gasteiger partial charge in [0.25, 0.3) is 0 Å². The summed E-state index contributed by atoms with van der Waals surface area (Å²) < 4.78 is 0. The van der Waals surface area contributed by atoms with Crippen LogP contribution in [0.1, 0.15) is 11.1 Å². The first-order valence-electron chi connectivity index (χ1n) is 4.87. The molecule has 5 nitrogen and oxygen atoms in total. The van der Waals surface area contributed by atoms with Crippen LogP contribution in [0.4, 0.5) is 4.79 Å². The van der Waals surface area contributed by atoms with Crippen molar-refractivity contribution >= 4 is 12.0 Å². The van der Waals surface area contributed by atoms with Gasteiger partial charge in [0.1, 0.15) is 6.54 Å². The summed E-state index contributed by atoms with van der Waals surface area (Å²) in [5.41, 5.74) is 2.09. The van der Waals surface area contributed by atoms with Crippen molar-refractivity contribution in [3.63, 3.8) is 0 Å². The molecule has 0 unspecified atom stereocenters. The molecule has 0 saturated heterocycles. The molecule has 0 fully saturated rings. The molecule has 86 valence electrons. The molecule has 0 radical (unpaired) electrons. The maximum atomic E-state index is 11.1. The van der Waals surface area contributed by atoms with Gasteiger partial charge in [-0.1, -0.05) is 29.8 Å². The van der Waals surface area contributed by atoms with E-state index in [1.807, 2.05) is 31.2 Å². The van der Waals surface area contributed by atoms with Gasteiger partial charge in [-0.3, -0.25) is 4.79 Å². The molecule has 0 spiro atoms. The molecule has 2 amide bonds. The highest BCUT2D eigenvalue weighted by Gasteiger charge is 2.02. The third-order valence-corrected chi connectivity index (χ3v) is 1.94. The molecule has 1 rings (SSSR count). The van der Waals surface area contributed by atoms with Crippen LogP contribution in [0, 0.1) is 6.92 Å². The number of carboxylic acids is 1. The van der Waals surface area contributed by atoms with Crippen LogP contribution in [0.25, 0.3) is 0 Å². The lowest BCUT2D eigenvalue weighted by Gasteiger charge is -2.06. The summed E-state index contributed by atoms with van der Waals surface area (Å²) in [5, 5.41) is 13.1. The number of carboxylic acid groups (broad SMARTS) is 1. The standard InChI is InChI=1S/C11H14N2O3/c1-8-3-2-4-9(5-8)6-12-11(16)13-7-10(14)15/h2-5H,6-7H2,1H3,(H,14,15)(H2,12,13,16). The average Bonchev–Trinajstić information content (AvgIpc) is 2.23. The number of amides is 2. The smallest absolute Gasteiger partial charge is 0.323 e. The Balaban J connectivity index is 2.34. The number of hydrogen-bond donors (Lipinski definition) is 3. The monoisotopic (exact) mass is 222 g/mol. The van der Waals surface area contributed by atoms with E-state index in [4.69, 9.17) is 5.11 Å². The maximum Gasteiger partial charge on any atom is 0.323 e. The normalized spacial score (nSPS) is 9.56. The van der Waals surface area contributed by atoms with Crippen LogP contribution >= 0.6 is 0 Å². The van der Waals surface area contributed by atoms with Gasteiger partial charge in [-0.15, -0.1) is 0 Å². The van der Waals surface area contributed by atoms with E-state index in [0.717, 1.165) is 11.1 Å². The van der Waals surface area contributed by atoms with E-state index in [2.05, 4.69) is 10.6 Å². The Bertz CT molecular complexity index is 391. The molecule has 5 heteroatoms. The predicted octanol–water partition coefficient (Wildman–Crippen LogP) is 0.879. The Kier molecular flexibility index (Phi) is 4.32.